The molecule has 5 nitrogen and oxygen atoms in total. The summed E-state index contributed by atoms with van der Waals surface area (Å²) in [6.45, 7) is -0.696. The minimum atomic E-state index is -5.53. The first-order chi connectivity index (χ1) is 6.74. The number of nitrogens with zero attached hydrogens (tertiary/aromatic N) is 2. The lowest BCUT2D eigenvalue weighted by atomic mass is 10.5. The van der Waals surface area contributed by atoms with Crippen LogP contribution < -0.4 is 0 Å². The maximum absolute atomic E-state index is 11.8. The molecule has 0 aliphatic heterocycles. The standard InChI is InChI=1S/C6H7F3N2O3S/c1-11-4-10-2-5(11)3-14-15(12,13)6(7,8)9/h2,4H,3H2,1H3. The van der Waals surface area contributed by atoms with E-state index in [0.717, 1.165) is 0 Å². The highest BCUT2D eigenvalue weighted by Crippen LogP contribution is 2.25. The first kappa shape index (κ1) is 12.0. The summed E-state index contributed by atoms with van der Waals surface area (Å²) in [4.78, 5) is 3.59. The molecule has 86 valence electrons. The van der Waals surface area contributed by atoms with E-state index in [1.54, 1.807) is 0 Å². The molecule has 0 spiro atoms. The van der Waals surface area contributed by atoms with Gasteiger partial charge in [0.25, 0.3) is 0 Å². The highest BCUT2D eigenvalue weighted by molar-refractivity contribution is 7.87. The van der Waals surface area contributed by atoms with E-state index in [2.05, 4.69) is 9.17 Å². The van der Waals surface area contributed by atoms with Crippen molar-refractivity contribution in [2.24, 2.45) is 7.05 Å². The molecule has 1 heterocycles. The summed E-state index contributed by atoms with van der Waals surface area (Å²) in [5, 5.41) is 0. The van der Waals surface area contributed by atoms with Crippen molar-refractivity contribution in [1.29, 1.82) is 0 Å². The lowest BCUT2D eigenvalue weighted by Crippen LogP contribution is -2.25. The molecule has 0 aromatic carbocycles. The van der Waals surface area contributed by atoms with Crippen molar-refractivity contribution in [2.75, 3.05) is 0 Å². The molecule has 1 rings (SSSR count). The quantitative estimate of drug-likeness (QED) is 0.582. The van der Waals surface area contributed by atoms with Gasteiger partial charge in [0.1, 0.15) is 6.61 Å². The summed E-state index contributed by atoms with van der Waals surface area (Å²) >= 11 is 0. The fraction of sp³-hybridized carbons (Fsp3) is 0.500. The molecule has 9 heteroatoms. The minimum absolute atomic E-state index is 0.225. The van der Waals surface area contributed by atoms with Crippen molar-refractivity contribution >= 4 is 10.1 Å². The van der Waals surface area contributed by atoms with Crippen LogP contribution in [0.1, 0.15) is 5.69 Å². The fourth-order valence-electron chi connectivity index (χ4n) is 0.728. The molecule has 0 bridgehead atoms. The van der Waals surface area contributed by atoms with Crippen LogP contribution in [0.15, 0.2) is 12.5 Å². The Bertz CT molecular complexity index is 437. The molecule has 1 aromatic heterocycles. The van der Waals surface area contributed by atoms with Gasteiger partial charge in [0.15, 0.2) is 0 Å². The van der Waals surface area contributed by atoms with Gasteiger partial charge >= 0.3 is 15.6 Å². The van der Waals surface area contributed by atoms with Crippen molar-refractivity contribution < 1.29 is 25.8 Å². The third-order valence-corrected chi connectivity index (χ3v) is 2.56. The van der Waals surface area contributed by atoms with Crippen molar-refractivity contribution in [1.82, 2.24) is 9.55 Å². The van der Waals surface area contributed by atoms with Gasteiger partial charge < -0.3 is 4.57 Å². The third-order valence-electron chi connectivity index (χ3n) is 1.56. The Kier molecular flexibility index (Phi) is 3.05. The molecule has 0 radical (unpaired) electrons. The number of halogens is 3. The van der Waals surface area contributed by atoms with Crippen molar-refractivity contribution in [3.8, 4) is 0 Å². The van der Waals surface area contributed by atoms with Crippen LogP contribution in [-0.2, 0) is 28.0 Å². The van der Waals surface area contributed by atoms with Gasteiger partial charge in [-0.25, -0.2) is 4.98 Å². The summed E-state index contributed by atoms with van der Waals surface area (Å²) < 4.78 is 61.6. The Labute approximate surface area is 83.6 Å². The van der Waals surface area contributed by atoms with Gasteiger partial charge in [-0.1, -0.05) is 0 Å². The van der Waals surface area contributed by atoms with E-state index in [1.165, 1.54) is 24.1 Å². The van der Waals surface area contributed by atoms with Crippen LogP contribution in [0.3, 0.4) is 0 Å². The maximum atomic E-state index is 11.8. The topological polar surface area (TPSA) is 61.2 Å². The minimum Gasteiger partial charge on any atom is -0.336 e. The van der Waals surface area contributed by atoms with Gasteiger partial charge in [0, 0.05) is 7.05 Å². The highest BCUT2D eigenvalue weighted by Gasteiger charge is 2.47. The Morgan fingerprint density at radius 2 is 2.13 bits per heavy atom. The van der Waals surface area contributed by atoms with Gasteiger partial charge in [-0.3, -0.25) is 4.18 Å². The number of hydrogen-bond donors (Lipinski definition) is 0. The average Bonchev–Trinajstić information content (AvgIpc) is 2.46. The van der Waals surface area contributed by atoms with E-state index in [-0.39, 0.29) is 5.69 Å². The van der Waals surface area contributed by atoms with Crippen LogP contribution in [-0.4, -0.2) is 23.5 Å². The zero-order chi connectivity index (χ0) is 11.7. The number of alkyl halides is 3. The van der Waals surface area contributed by atoms with Gasteiger partial charge in [-0.05, 0) is 0 Å². The predicted molar refractivity (Wildman–Crippen MR) is 43.0 cm³/mol. The zero-order valence-electron chi connectivity index (χ0n) is 7.52. The molecule has 0 unspecified atom stereocenters. The summed E-state index contributed by atoms with van der Waals surface area (Å²) in [6.07, 6.45) is 2.53. The van der Waals surface area contributed by atoms with Gasteiger partial charge in [0.05, 0.1) is 18.2 Å². The molecule has 0 aliphatic rings. The molecule has 0 N–H and O–H groups in total. The molecule has 0 saturated heterocycles. The molecular formula is C6H7F3N2O3S. The molecule has 0 saturated carbocycles. The largest absolute Gasteiger partial charge is 0.523 e. The molecular weight excluding hydrogens is 237 g/mol. The van der Waals surface area contributed by atoms with Crippen molar-refractivity contribution in [3.63, 3.8) is 0 Å². The summed E-state index contributed by atoms with van der Waals surface area (Å²) in [6, 6.07) is 0. The number of aromatic nitrogens is 2. The average molecular weight is 244 g/mol. The molecule has 15 heavy (non-hydrogen) atoms. The van der Waals surface area contributed by atoms with Crippen LogP contribution >= 0.6 is 0 Å². The fourth-order valence-corrected chi connectivity index (χ4v) is 1.14. The Hall–Kier alpha value is -1.09. The zero-order valence-corrected chi connectivity index (χ0v) is 8.34. The van der Waals surface area contributed by atoms with E-state index in [9.17, 15) is 21.6 Å². The molecule has 1 aromatic rings. The molecule has 0 aliphatic carbocycles. The lowest BCUT2D eigenvalue weighted by Gasteiger charge is -2.08. The Balaban J connectivity index is 2.71. The van der Waals surface area contributed by atoms with E-state index < -0.39 is 22.2 Å². The van der Waals surface area contributed by atoms with Crippen molar-refractivity contribution in [3.05, 3.63) is 18.2 Å². The van der Waals surface area contributed by atoms with Gasteiger partial charge in [-0.15, -0.1) is 0 Å². The maximum Gasteiger partial charge on any atom is 0.523 e. The van der Waals surface area contributed by atoms with Crippen LogP contribution in [0.2, 0.25) is 0 Å². The highest BCUT2D eigenvalue weighted by atomic mass is 32.2. The summed E-state index contributed by atoms with van der Waals surface area (Å²) in [5.74, 6) is 0. The van der Waals surface area contributed by atoms with E-state index in [0.29, 0.717) is 0 Å². The summed E-state index contributed by atoms with van der Waals surface area (Å²) in [7, 11) is -4.03. The number of rotatable bonds is 3. The van der Waals surface area contributed by atoms with Crippen molar-refractivity contribution in [2.45, 2.75) is 12.1 Å². The molecule has 0 amide bonds. The first-order valence-electron chi connectivity index (χ1n) is 3.65. The van der Waals surface area contributed by atoms with Gasteiger partial charge in [0.2, 0.25) is 0 Å². The van der Waals surface area contributed by atoms with Crippen LogP contribution in [0.5, 0.6) is 0 Å². The Morgan fingerprint density at radius 3 is 2.53 bits per heavy atom. The van der Waals surface area contributed by atoms with Crippen LogP contribution in [0.4, 0.5) is 13.2 Å². The van der Waals surface area contributed by atoms with Gasteiger partial charge in [-0.2, -0.15) is 21.6 Å². The van der Waals surface area contributed by atoms with Crippen LogP contribution in [0.25, 0.3) is 0 Å². The normalized spacial score (nSPS) is 13.1. The van der Waals surface area contributed by atoms with E-state index >= 15 is 0 Å². The lowest BCUT2D eigenvalue weighted by molar-refractivity contribution is -0.0549. The van der Waals surface area contributed by atoms with E-state index in [1.807, 2.05) is 0 Å². The SMILES string of the molecule is Cn1cncc1COS(=O)(=O)C(F)(F)F. The smallest absolute Gasteiger partial charge is 0.336 e. The Morgan fingerprint density at radius 1 is 1.53 bits per heavy atom. The second-order valence-electron chi connectivity index (χ2n) is 2.66. The number of hydrogen-bond acceptors (Lipinski definition) is 4. The van der Waals surface area contributed by atoms with E-state index in [4.69, 9.17) is 0 Å². The molecule has 0 atom stereocenters. The number of aryl methyl sites for hydroxylation is 1. The predicted octanol–water partition coefficient (Wildman–Crippen LogP) is 0.786. The second-order valence-corrected chi connectivity index (χ2v) is 4.26. The van der Waals surface area contributed by atoms with Crippen LogP contribution in [0, 0.1) is 0 Å². The first-order valence-corrected chi connectivity index (χ1v) is 5.06. The summed E-state index contributed by atoms with van der Waals surface area (Å²) in [5.41, 5.74) is -5.17. The monoisotopic (exact) mass is 244 g/mol. The third kappa shape index (κ3) is 2.69. The second kappa shape index (κ2) is 3.81. The molecule has 0 fully saturated rings. The number of imidazole rings is 1.